The lowest BCUT2D eigenvalue weighted by Gasteiger charge is -2.35. The molecule has 0 aromatic heterocycles. The maximum Gasteiger partial charge on any atom is 0.278 e. The molecule has 0 aliphatic carbocycles. The third kappa shape index (κ3) is 3.05. The van der Waals surface area contributed by atoms with Crippen LogP contribution < -0.4 is 5.73 Å². The molecule has 4 heteroatoms. The van der Waals surface area contributed by atoms with Crippen LogP contribution in [0.5, 0.6) is 0 Å². The number of hydrogen-bond donors (Lipinski definition) is 2. The number of quaternary nitrogens is 1. The number of carbonyl (C=O) groups excluding carboxylic acids is 1. The summed E-state index contributed by atoms with van der Waals surface area (Å²) in [5, 5.41) is 9.19. The summed E-state index contributed by atoms with van der Waals surface area (Å²) >= 11 is 0. The number of primary amides is 1. The van der Waals surface area contributed by atoms with E-state index in [2.05, 4.69) is 0 Å². The lowest BCUT2D eigenvalue weighted by molar-refractivity contribution is -0.919. The van der Waals surface area contributed by atoms with E-state index in [4.69, 9.17) is 5.73 Å². The highest BCUT2D eigenvalue weighted by Crippen LogP contribution is 2.13. The van der Waals surface area contributed by atoms with Crippen LogP contribution in [-0.2, 0) is 11.3 Å². The van der Waals surface area contributed by atoms with Gasteiger partial charge < -0.3 is 15.3 Å². The molecule has 1 rings (SSSR count). The van der Waals surface area contributed by atoms with E-state index < -0.39 is 11.9 Å². The normalized spacial score (nSPS) is 13.4. The molecule has 1 aromatic carbocycles. The Bertz CT molecular complexity index is 349. The van der Waals surface area contributed by atoms with Crippen molar-refractivity contribution >= 4 is 5.91 Å². The molecule has 0 unspecified atom stereocenters. The molecular weight excluding hydrogens is 204 g/mol. The fourth-order valence-electron chi connectivity index (χ4n) is 1.82. The van der Waals surface area contributed by atoms with Crippen molar-refractivity contribution < 1.29 is 14.4 Å². The number of likely N-dealkylation sites (N-methyl/N-ethyl adjacent to an activating group) is 1. The van der Waals surface area contributed by atoms with Gasteiger partial charge in [-0.1, -0.05) is 30.3 Å². The van der Waals surface area contributed by atoms with Crippen LogP contribution in [0.15, 0.2) is 30.3 Å². The lowest BCUT2D eigenvalue weighted by Crippen LogP contribution is -2.56. The van der Waals surface area contributed by atoms with Crippen LogP contribution in [0.3, 0.4) is 0 Å². The van der Waals surface area contributed by atoms with Gasteiger partial charge in [-0.25, -0.2) is 0 Å². The maximum atomic E-state index is 11.2. The first-order chi connectivity index (χ1) is 7.47. The number of rotatable bonds is 5. The molecule has 0 bridgehead atoms. The maximum absolute atomic E-state index is 11.2. The first-order valence-electron chi connectivity index (χ1n) is 5.24. The molecule has 1 atom stereocenters. The quantitative estimate of drug-likeness (QED) is 0.696. The van der Waals surface area contributed by atoms with Gasteiger partial charge in [0.25, 0.3) is 5.91 Å². The van der Waals surface area contributed by atoms with Crippen molar-refractivity contribution in [3.8, 4) is 0 Å². The van der Waals surface area contributed by atoms with Crippen molar-refractivity contribution in [2.24, 2.45) is 5.73 Å². The fourth-order valence-corrected chi connectivity index (χ4v) is 1.82. The zero-order chi connectivity index (χ0) is 12.2. The number of amides is 1. The Morgan fingerprint density at radius 3 is 2.38 bits per heavy atom. The van der Waals surface area contributed by atoms with E-state index in [-0.39, 0.29) is 6.61 Å². The van der Waals surface area contributed by atoms with Gasteiger partial charge >= 0.3 is 0 Å². The molecule has 88 valence electrons. The van der Waals surface area contributed by atoms with Crippen LogP contribution in [0.25, 0.3) is 0 Å². The van der Waals surface area contributed by atoms with Gasteiger partial charge in [0.2, 0.25) is 0 Å². The summed E-state index contributed by atoms with van der Waals surface area (Å²) in [6, 6.07) is 9.27. The molecule has 0 saturated heterocycles. The summed E-state index contributed by atoms with van der Waals surface area (Å²) in [7, 11) is 3.78. The van der Waals surface area contributed by atoms with Crippen LogP contribution in [-0.4, -0.2) is 42.2 Å². The zero-order valence-corrected chi connectivity index (χ0v) is 9.76. The number of carbonyl (C=O) groups is 1. The minimum atomic E-state index is -0.569. The predicted molar refractivity (Wildman–Crippen MR) is 62.3 cm³/mol. The van der Waals surface area contributed by atoms with Gasteiger partial charge in [-0.2, -0.15) is 0 Å². The first-order valence-corrected chi connectivity index (χ1v) is 5.24. The van der Waals surface area contributed by atoms with Gasteiger partial charge in [-0.3, -0.25) is 4.79 Å². The van der Waals surface area contributed by atoms with E-state index in [0.717, 1.165) is 5.56 Å². The number of aliphatic hydroxyl groups is 1. The highest BCUT2D eigenvalue weighted by molar-refractivity contribution is 5.78. The van der Waals surface area contributed by atoms with Crippen LogP contribution in [0.1, 0.15) is 5.56 Å². The molecule has 3 N–H and O–H groups in total. The molecule has 0 aliphatic rings. The van der Waals surface area contributed by atoms with E-state index in [1.165, 1.54) is 0 Å². The topological polar surface area (TPSA) is 63.3 Å². The summed E-state index contributed by atoms with van der Waals surface area (Å²) in [6.45, 7) is 0.435. The Morgan fingerprint density at radius 2 is 1.94 bits per heavy atom. The zero-order valence-electron chi connectivity index (χ0n) is 9.76. The van der Waals surface area contributed by atoms with Crippen LogP contribution in [0.2, 0.25) is 0 Å². The number of nitrogens with zero attached hydrogens (tertiary/aromatic N) is 1. The molecule has 0 aliphatic heterocycles. The van der Waals surface area contributed by atoms with Gasteiger partial charge in [0.15, 0.2) is 6.04 Å². The van der Waals surface area contributed by atoms with Gasteiger partial charge in [0.1, 0.15) is 13.2 Å². The molecule has 16 heavy (non-hydrogen) atoms. The molecule has 0 heterocycles. The minimum absolute atomic E-state index is 0.227. The van der Waals surface area contributed by atoms with Crippen molar-refractivity contribution in [2.45, 2.75) is 12.6 Å². The molecule has 1 amide bonds. The van der Waals surface area contributed by atoms with E-state index in [1.54, 1.807) is 0 Å². The molecule has 0 spiro atoms. The van der Waals surface area contributed by atoms with Crippen LogP contribution >= 0.6 is 0 Å². The van der Waals surface area contributed by atoms with Crippen molar-refractivity contribution in [1.82, 2.24) is 0 Å². The summed E-state index contributed by atoms with van der Waals surface area (Å²) < 4.78 is 0.357. The van der Waals surface area contributed by atoms with E-state index in [1.807, 2.05) is 44.4 Å². The monoisotopic (exact) mass is 223 g/mol. The summed E-state index contributed by atoms with van der Waals surface area (Å²) in [5.74, 6) is -0.469. The summed E-state index contributed by atoms with van der Waals surface area (Å²) in [6.07, 6.45) is 0. The highest BCUT2D eigenvalue weighted by atomic mass is 16.3. The van der Waals surface area contributed by atoms with Gasteiger partial charge in [0.05, 0.1) is 14.1 Å². The third-order valence-corrected chi connectivity index (χ3v) is 2.78. The SMILES string of the molecule is C[N+](C)(Cc1ccccc1)[C@H](CO)C(N)=O. The Kier molecular flexibility index (Phi) is 4.04. The largest absolute Gasteiger partial charge is 0.390 e. The Balaban J connectivity index is 2.81. The number of hydrogen-bond acceptors (Lipinski definition) is 2. The standard InChI is InChI=1S/C12H18N2O2/c1-14(2,11(9-15)12(13)16)8-10-6-4-3-5-7-10/h3-7,11,15H,8-9H2,1-2H3,(H-,13,16)/p+1/t11-/m1/s1. The van der Waals surface area contributed by atoms with Crippen molar-refractivity contribution in [2.75, 3.05) is 20.7 Å². The molecule has 1 aromatic rings. The average molecular weight is 223 g/mol. The third-order valence-electron chi connectivity index (χ3n) is 2.78. The number of aliphatic hydroxyl groups excluding tert-OH is 1. The van der Waals surface area contributed by atoms with Gasteiger partial charge in [-0.05, 0) is 0 Å². The van der Waals surface area contributed by atoms with Crippen molar-refractivity contribution in [3.05, 3.63) is 35.9 Å². The summed E-state index contributed by atoms with van der Waals surface area (Å²) in [5.41, 5.74) is 6.39. The van der Waals surface area contributed by atoms with Gasteiger partial charge in [-0.15, -0.1) is 0 Å². The van der Waals surface area contributed by atoms with Crippen molar-refractivity contribution in [3.63, 3.8) is 0 Å². The fraction of sp³-hybridized carbons (Fsp3) is 0.417. The van der Waals surface area contributed by atoms with Gasteiger partial charge in [0, 0.05) is 5.56 Å². The predicted octanol–water partition coefficient (Wildman–Crippen LogP) is 0.109. The molecule has 0 radical (unpaired) electrons. The smallest absolute Gasteiger partial charge is 0.278 e. The molecular formula is C12H19N2O2+. The number of benzene rings is 1. The Hall–Kier alpha value is -1.39. The molecule has 4 nitrogen and oxygen atoms in total. The lowest BCUT2D eigenvalue weighted by atomic mass is 10.1. The van der Waals surface area contributed by atoms with Crippen LogP contribution in [0, 0.1) is 0 Å². The highest BCUT2D eigenvalue weighted by Gasteiger charge is 2.32. The summed E-state index contributed by atoms with van der Waals surface area (Å²) in [4.78, 5) is 11.2. The van der Waals surface area contributed by atoms with E-state index >= 15 is 0 Å². The second-order valence-corrected chi connectivity index (χ2v) is 4.52. The Morgan fingerprint density at radius 1 is 1.38 bits per heavy atom. The van der Waals surface area contributed by atoms with E-state index in [0.29, 0.717) is 11.0 Å². The average Bonchev–Trinajstić information content (AvgIpc) is 2.18. The van der Waals surface area contributed by atoms with E-state index in [9.17, 15) is 9.90 Å². The second-order valence-electron chi connectivity index (χ2n) is 4.52. The number of nitrogens with two attached hydrogens (primary N) is 1. The first kappa shape index (κ1) is 12.7. The minimum Gasteiger partial charge on any atom is -0.390 e. The molecule has 0 fully saturated rings. The Labute approximate surface area is 95.9 Å². The second kappa shape index (κ2) is 5.09. The van der Waals surface area contributed by atoms with Crippen LogP contribution in [0.4, 0.5) is 0 Å². The molecule has 0 saturated carbocycles. The van der Waals surface area contributed by atoms with Crippen molar-refractivity contribution in [1.29, 1.82) is 0 Å².